The standard InChI is InChI=1S/C10H11NO5/c11-10(16)9(15)8(14)5-1-2-7(13)6(3-5)4-12/h1-4,8-9,13-15H,(H2,11,16). The van der Waals surface area contributed by atoms with Crippen LogP contribution >= 0.6 is 0 Å². The van der Waals surface area contributed by atoms with Crippen molar-refractivity contribution in [1.29, 1.82) is 0 Å². The van der Waals surface area contributed by atoms with Gasteiger partial charge in [0.05, 0.1) is 5.56 Å². The number of amides is 1. The minimum atomic E-state index is -1.76. The molecule has 0 bridgehead atoms. The number of primary amides is 1. The Morgan fingerprint density at radius 2 is 2.00 bits per heavy atom. The Morgan fingerprint density at radius 3 is 2.50 bits per heavy atom. The molecule has 1 aromatic rings. The van der Waals surface area contributed by atoms with Gasteiger partial charge < -0.3 is 21.1 Å². The number of aldehydes is 1. The van der Waals surface area contributed by atoms with Gasteiger partial charge in [0.1, 0.15) is 11.9 Å². The van der Waals surface area contributed by atoms with Crippen LogP contribution in [0.15, 0.2) is 18.2 Å². The molecule has 0 aromatic heterocycles. The highest BCUT2D eigenvalue weighted by atomic mass is 16.3. The molecule has 0 spiro atoms. The van der Waals surface area contributed by atoms with E-state index in [2.05, 4.69) is 0 Å². The molecule has 6 heteroatoms. The van der Waals surface area contributed by atoms with Crippen LogP contribution in [-0.4, -0.2) is 33.6 Å². The van der Waals surface area contributed by atoms with Crippen LogP contribution in [0.3, 0.4) is 0 Å². The van der Waals surface area contributed by atoms with Crippen LogP contribution in [0.25, 0.3) is 0 Å². The molecule has 6 nitrogen and oxygen atoms in total. The van der Waals surface area contributed by atoms with Crippen LogP contribution in [-0.2, 0) is 4.79 Å². The zero-order valence-electron chi connectivity index (χ0n) is 8.20. The SMILES string of the molecule is NC(=O)C(O)C(O)c1ccc(O)c(C=O)c1. The van der Waals surface area contributed by atoms with Crippen molar-refractivity contribution >= 4 is 12.2 Å². The van der Waals surface area contributed by atoms with Gasteiger partial charge in [-0.15, -0.1) is 0 Å². The molecular formula is C10H11NO5. The Bertz CT molecular complexity index is 418. The van der Waals surface area contributed by atoms with Gasteiger partial charge >= 0.3 is 0 Å². The number of phenolic OH excluding ortho intramolecular Hbond substituents is 1. The van der Waals surface area contributed by atoms with E-state index >= 15 is 0 Å². The first kappa shape index (κ1) is 12.2. The van der Waals surface area contributed by atoms with Crippen molar-refractivity contribution in [3.05, 3.63) is 29.3 Å². The lowest BCUT2D eigenvalue weighted by atomic mass is 10.0. The van der Waals surface area contributed by atoms with E-state index in [-0.39, 0.29) is 16.9 Å². The molecule has 0 saturated heterocycles. The van der Waals surface area contributed by atoms with Crippen LogP contribution < -0.4 is 5.73 Å². The van der Waals surface area contributed by atoms with Crippen molar-refractivity contribution in [2.75, 3.05) is 0 Å². The molecule has 0 fully saturated rings. The molecule has 0 saturated carbocycles. The molecule has 86 valence electrons. The van der Waals surface area contributed by atoms with Crippen LogP contribution in [0.4, 0.5) is 0 Å². The molecule has 2 unspecified atom stereocenters. The van der Waals surface area contributed by atoms with Crippen molar-refractivity contribution in [2.45, 2.75) is 12.2 Å². The summed E-state index contributed by atoms with van der Waals surface area (Å²) >= 11 is 0. The van der Waals surface area contributed by atoms with Gasteiger partial charge in [0.15, 0.2) is 12.4 Å². The summed E-state index contributed by atoms with van der Waals surface area (Å²) in [6.45, 7) is 0. The number of carbonyl (C=O) groups excluding carboxylic acids is 2. The Kier molecular flexibility index (Phi) is 3.60. The predicted molar refractivity (Wildman–Crippen MR) is 53.7 cm³/mol. The summed E-state index contributed by atoms with van der Waals surface area (Å²) < 4.78 is 0. The minimum absolute atomic E-state index is 0.0479. The highest BCUT2D eigenvalue weighted by Gasteiger charge is 2.23. The molecule has 1 aromatic carbocycles. The number of phenols is 1. The van der Waals surface area contributed by atoms with Crippen molar-refractivity contribution in [3.63, 3.8) is 0 Å². The molecule has 0 heterocycles. The Hall–Kier alpha value is -1.92. The molecule has 0 radical (unpaired) electrons. The van der Waals surface area contributed by atoms with E-state index in [1.807, 2.05) is 0 Å². The number of carbonyl (C=O) groups is 2. The number of aromatic hydroxyl groups is 1. The van der Waals surface area contributed by atoms with Crippen molar-refractivity contribution < 1.29 is 24.9 Å². The normalized spacial score (nSPS) is 14.1. The summed E-state index contributed by atoms with van der Waals surface area (Å²) in [5.74, 6) is -1.33. The lowest BCUT2D eigenvalue weighted by Gasteiger charge is -2.15. The number of aliphatic hydroxyl groups is 2. The van der Waals surface area contributed by atoms with Crippen molar-refractivity contribution in [3.8, 4) is 5.75 Å². The topological polar surface area (TPSA) is 121 Å². The molecule has 0 aliphatic carbocycles. The largest absolute Gasteiger partial charge is 0.507 e. The van der Waals surface area contributed by atoms with Gasteiger partial charge in [-0.25, -0.2) is 0 Å². The predicted octanol–water partition coefficient (Wildman–Crippen LogP) is -0.916. The Balaban J connectivity index is 3.05. The van der Waals surface area contributed by atoms with E-state index in [0.717, 1.165) is 0 Å². The van der Waals surface area contributed by atoms with E-state index in [9.17, 15) is 24.9 Å². The highest BCUT2D eigenvalue weighted by molar-refractivity contribution is 5.81. The minimum Gasteiger partial charge on any atom is -0.507 e. The van der Waals surface area contributed by atoms with Crippen molar-refractivity contribution in [1.82, 2.24) is 0 Å². The molecule has 2 atom stereocenters. The quantitative estimate of drug-likeness (QED) is 0.494. The second-order valence-corrected chi connectivity index (χ2v) is 3.23. The van der Waals surface area contributed by atoms with Gasteiger partial charge in [0.25, 0.3) is 0 Å². The fourth-order valence-corrected chi connectivity index (χ4v) is 1.19. The average Bonchev–Trinajstić information content (AvgIpc) is 2.27. The smallest absolute Gasteiger partial charge is 0.249 e. The Morgan fingerprint density at radius 1 is 1.38 bits per heavy atom. The third kappa shape index (κ3) is 2.36. The third-order valence-corrected chi connectivity index (χ3v) is 2.11. The molecule has 0 aliphatic rings. The number of rotatable bonds is 4. The van der Waals surface area contributed by atoms with Gasteiger partial charge in [-0.2, -0.15) is 0 Å². The summed E-state index contributed by atoms with van der Waals surface area (Å²) in [7, 11) is 0. The van der Waals surface area contributed by atoms with Crippen molar-refractivity contribution in [2.24, 2.45) is 5.73 Å². The second kappa shape index (κ2) is 4.73. The number of hydrogen-bond acceptors (Lipinski definition) is 5. The van der Waals surface area contributed by atoms with Gasteiger partial charge in [-0.1, -0.05) is 6.07 Å². The molecule has 5 N–H and O–H groups in total. The first-order valence-corrected chi connectivity index (χ1v) is 4.41. The molecule has 0 aliphatic heterocycles. The van der Waals surface area contributed by atoms with E-state index in [0.29, 0.717) is 6.29 Å². The number of nitrogens with two attached hydrogens (primary N) is 1. The number of aliphatic hydroxyl groups excluding tert-OH is 2. The van der Waals surface area contributed by atoms with Crippen LogP contribution in [0.1, 0.15) is 22.0 Å². The zero-order chi connectivity index (χ0) is 12.3. The van der Waals surface area contributed by atoms with E-state index in [1.165, 1.54) is 18.2 Å². The van der Waals surface area contributed by atoms with E-state index in [4.69, 9.17) is 5.73 Å². The summed E-state index contributed by atoms with van der Waals surface area (Å²) in [4.78, 5) is 21.1. The number of hydrogen-bond donors (Lipinski definition) is 4. The lowest BCUT2D eigenvalue weighted by molar-refractivity contribution is -0.131. The lowest BCUT2D eigenvalue weighted by Crippen LogP contribution is -2.33. The fourth-order valence-electron chi connectivity index (χ4n) is 1.19. The molecule has 1 amide bonds. The summed E-state index contributed by atoms with van der Waals surface area (Å²) in [6.07, 6.45) is -2.90. The maximum Gasteiger partial charge on any atom is 0.249 e. The van der Waals surface area contributed by atoms with Crippen LogP contribution in [0.5, 0.6) is 5.75 Å². The van der Waals surface area contributed by atoms with E-state index < -0.39 is 18.1 Å². The molecular weight excluding hydrogens is 214 g/mol. The first-order valence-electron chi connectivity index (χ1n) is 4.41. The summed E-state index contributed by atoms with van der Waals surface area (Å²) in [5.41, 5.74) is 4.88. The fraction of sp³-hybridized carbons (Fsp3) is 0.200. The maximum atomic E-state index is 10.6. The van der Waals surface area contributed by atoms with Gasteiger partial charge in [-0.05, 0) is 17.7 Å². The van der Waals surface area contributed by atoms with Crippen LogP contribution in [0.2, 0.25) is 0 Å². The number of benzene rings is 1. The van der Waals surface area contributed by atoms with E-state index in [1.54, 1.807) is 0 Å². The first-order chi connectivity index (χ1) is 7.47. The summed E-state index contributed by atoms with van der Waals surface area (Å²) in [5, 5.41) is 27.9. The monoisotopic (exact) mass is 225 g/mol. The average molecular weight is 225 g/mol. The van der Waals surface area contributed by atoms with Gasteiger partial charge in [0.2, 0.25) is 5.91 Å². The maximum absolute atomic E-state index is 10.6. The van der Waals surface area contributed by atoms with Crippen LogP contribution in [0, 0.1) is 0 Å². The second-order valence-electron chi connectivity index (χ2n) is 3.23. The Labute approximate surface area is 90.9 Å². The molecule has 16 heavy (non-hydrogen) atoms. The third-order valence-electron chi connectivity index (χ3n) is 2.11. The van der Waals surface area contributed by atoms with Gasteiger partial charge in [0, 0.05) is 0 Å². The summed E-state index contributed by atoms with van der Waals surface area (Å²) in [6, 6.07) is 3.62. The van der Waals surface area contributed by atoms with Gasteiger partial charge in [-0.3, -0.25) is 9.59 Å². The molecule has 1 rings (SSSR count). The zero-order valence-corrected chi connectivity index (χ0v) is 8.20. The highest BCUT2D eigenvalue weighted by Crippen LogP contribution is 2.22.